The Morgan fingerprint density at radius 3 is 2.68 bits per heavy atom. The number of nitrogens with zero attached hydrogens (tertiary/aromatic N) is 5. The molecule has 19 heavy (non-hydrogen) atoms. The standard InChI is InChI=1S/C10H9ClF3N5/c1-2-3-19-7(5-15-18-19)6-4-8(10(12,13)14)17-9(11)16-6/h4-5H,2-3H2,1H3. The first-order valence-corrected chi connectivity index (χ1v) is 5.80. The van der Waals surface area contributed by atoms with Crippen LogP contribution in [0.1, 0.15) is 19.0 Å². The summed E-state index contributed by atoms with van der Waals surface area (Å²) < 4.78 is 39.4. The second kappa shape index (κ2) is 5.12. The molecule has 0 amide bonds. The Labute approximate surface area is 111 Å². The molecule has 0 aromatic carbocycles. The number of hydrogen-bond donors (Lipinski definition) is 0. The Bertz CT molecular complexity index is 581. The molecule has 0 spiro atoms. The van der Waals surface area contributed by atoms with Gasteiger partial charge in [-0.3, -0.25) is 0 Å². The first-order chi connectivity index (χ1) is 8.91. The van der Waals surface area contributed by atoms with Crippen LogP contribution < -0.4 is 0 Å². The number of halogens is 4. The van der Waals surface area contributed by atoms with E-state index in [9.17, 15) is 13.2 Å². The summed E-state index contributed by atoms with van der Waals surface area (Å²) in [5.74, 6) is 0. The van der Waals surface area contributed by atoms with Crippen molar-refractivity contribution in [3.63, 3.8) is 0 Å². The van der Waals surface area contributed by atoms with Crippen molar-refractivity contribution in [3.8, 4) is 11.4 Å². The molecule has 0 bridgehead atoms. The van der Waals surface area contributed by atoms with Crippen molar-refractivity contribution in [2.24, 2.45) is 0 Å². The SMILES string of the molecule is CCCn1nncc1-c1cc(C(F)(F)F)nc(Cl)n1. The van der Waals surface area contributed by atoms with Crippen LogP contribution in [-0.4, -0.2) is 25.0 Å². The molecule has 0 aliphatic rings. The molecule has 2 rings (SSSR count). The van der Waals surface area contributed by atoms with E-state index in [1.165, 1.54) is 10.9 Å². The maximum Gasteiger partial charge on any atom is 0.433 e. The molecular weight excluding hydrogens is 283 g/mol. The highest BCUT2D eigenvalue weighted by molar-refractivity contribution is 6.28. The number of aryl methyl sites for hydroxylation is 1. The molecule has 0 radical (unpaired) electrons. The first kappa shape index (κ1) is 13.7. The summed E-state index contributed by atoms with van der Waals surface area (Å²) in [6.07, 6.45) is -2.47. The molecule has 9 heteroatoms. The van der Waals surface area contributed by atoms with Gasteiger partial charge < -0.3 is 0 Å². The second-order valence-corrected chi connectivity index (χ2v) is 4.09. The predicted molar refractivity (Wildman–Crippen MR) is 61.4 cm³/mol. The van der Waals surface area contributed by atoms with Crippen LogP contribution in [0.5, 0.6) is 0 Å². The van der Waals surface area contributed by atoms with Gasteiger partial charge in [-0.05, 0) is 24.1 Å². The first-order valence-electron chi connectivity index (χ1n) is 5.42. The average molecular weight is 292 g/mol. The lowest BCUT2D eigenvalue weighted by Gasteiger charge is -2.08. The molecule has 0 saturated carbocycles. The fraction of sp³-hybridized carbons (Fsp3) is 0.400. The van der Waals surface area contributed by atoms with Crippen LogP contribution in [0.2, 0.25) is 5.28 Å². The summed E-state index contributed by atoms with van der Waals surface area (Å²) in [6.45, 7) is 2.44. The van der Waals surface area contributed by atoms with E-state index in [-0.39, 0.29) is 5.69 Å². The smallest absolute Gasteiger partial charge is 0.243 e. The van der Waals surface area contributed by atoms with Crippen LogP contribution in [0.15, 0.2) is 12.3 Å². The Balaban J connectivity index is 2.50. The lowest BCUT2D eigenvalue weighted by atomic mass is 10.2. The number of alkyl halides is 3. The summed E-state index contributed by atoms with van der Waals surface area (Å²) in [6, 6.07) is 0.830. The number of hydrogen-bond acceptors (Lipinski definition) is 4. The summed E-state index contributed by atoms with van der Waals surface area (Å²) in [7, 11) is 0. The van der Waals surface area contributed by atoms with Crippen LogP contribution in [0.25, 0.3) is 11.4 Å². The molecular formula is C10H9ClF3N5. The van der Waals surface area contributed by atoms with Crippen molar-refractivity contribution in [2.45, 2.75) is 26.1 Å². The zero-order chi connectivity index (χ0) is 14.0. The third-order valence-corrected chi connectivity index (χ3v) is 2.47. The molecule has 102 valence electrons. The molecule has 0 aliphatic carbocycles. The molecule has 0 unspecified atom stereocenters. The van der Waals surface area contributed by atoms with E-state index in [0.29, 0.717) is 12.2 Å². The lowest BCUT2D eigenvalue weighted by Crippen LogP contribution is -2.10. The van der Waals surface area contributed by atoms with Crippen molar-refractivity contribution < 1.29 is 13.2 Å². The zero-order valence-electron chi connectivity index (χ0n) is 9.82. The van der Waals surface area contributed by atoms with E-state index in [1.807, 2.05) is 6.92 Å². The minimum absolute atomic E-state index is 0.0470. The maximum absolute atomic E-state index is 12.7. The highest BCUT2D eigenvalue weighted by Gasteiger charge is 2.34. The predicted octanol–water partition coefficient (Wildman–Crippen LogP) is 2.82. The monoisotopic (exact) mass is 291 g/mol. The van der Waals surface area contributed by atoms with E-state index < -0.39 is 17.2 Å². The van der Waals surface area contributed by atoms with Gasteiger partial charge in [0.1, 0.15) is 11.4 Å². The van der Waals surface area contributed by atoms with Crippen molar-refractivity contribution in [2.75, 3.05) is 0 Å². The van der Waals surface area contributed by atoms with Crippen molar-refractivity contribution in [3.05, 3.63) is 23.2 Å². The largest absolute Gasteiger partial charge is 0.433 e. The van der Waals surface area contributed by atoms with Gasteiger partial charge >= 0.3 is 6.18 Å². The van der Waals surface area contributed by atoms with Gasteiger partial charge in [0.05, 0.1) is 11.9 Å². The molecule has 2 aromatic rings. The Hall–Kier alpha value is -1.70. The van der Waals surface area contributed by atoms with E-state index in [4.69, 9.17) is 11.6 Å². The van der Waals surface area contributed by atoms with E-state index in [1.54, 1.807) is 0 Å². The maximum atomic E-state index is 12.7. The minimum Gasteiger partial charge on any atom is -0.243 e. The van der Waals surface area contributed by atoms with Crippen LogP contribution in [0.3, 0.4) is 0 Å². The normalized spacial score (nSPS) is 11.8. The molecule has 5 nitrogen and oxygen atoms in total. The third kappa shape index (κ3) is 3.01. The van der Waals surface area contributed by atoms with Crippen LogP contribution >= 0.6 is 11.6 Å². The van der Waals surface area contributed by atoms with Gasteiger partial charge in [0.2, 0.25) is 5.28 Å². The Morgan fingerprint density at radius 2 is 2.05 bits per heavy atom. The van der Waals surface area contributed by atoms with Crippen molar-refractivity contribution in [1.82, 2.24) is 25.0 Å². The Kier molecular flexibility index (Phi) is 3.70. The zero-order valence-corrected chi connectivity index (χ0v) is 10.6. The van der Waals surface area contributed by atoms with Crippen LogP contribution in [0, 0.1) is 0 Å². The summed E-state index contributed by atoms with van der Waals surface area (Å²) in [4.78, 5) is 6.96. The number of aromatic nitrogens is 5. The molecule has 0 saturated heterocycles. The van der Waals surface area contributed by atoms with Gasteiger partial charge in [0.15, 0.2) is 0 Å². The molecule has 0 fully saturated rings. The van der Waals surface area contributed by atoms with Gasteiger partial charge in [-0.1, -0.05) is 12.1 Å². The van der Waals surface area contributed by atoms with Crippen LogP contribution in [0.4, 0.5) is 13.2 Å². The number of rotatable bonds is 3. The third-order valence-electron chi connectivity index (χ3n) is 2.30. The summed E-state index contributed by atoms with van der Waals surface area (Å²) in [5.41, 5.74) is -0.672. The van der Waals surface area contributed by atoms with Gasteiger partial charge in [-0.25, -0.2) is 14.6 Å². The van der Waals surface area contributed by atoms with E-state index in [2.05, 4.69) is 20.3 Å². The topological polar surface area (TPSA) is 56.5 Å². The molecule has 2 aromatic heterocycles. The quantitative estimate of drug-likeness (QED) is 0.816. The summed E-state index contributed by atoms with van der Waals surface area (Å²) in [5, 5.41) is 6.99. The molecule has 0 aliphatic heterocycles. The van der Waals surface area contributed by atoms with Gasteiger partial charge in [-0.2, -0.15) is 13.2 Å². The molecule has 0 N–H and O–H groups in total. The second-order valence-electron chi connectivity index (χ2n) is 3.75. The van der Waals surface area contributed by atoms with Crippen molar-refractivity contribution in [1.29, 1.82) is 0 Å². The van der Waals surface area contributed by atoms with Crippen LogP contribution in [-0.2, 0) is 12.7 Å². The highest BCUT2D eigenvalue weighted by Crippen LogP contribution is 2.30. The fourth-order valence-electron chi connectivity index (χ4n) is 1.53. The Morgan fingerprint density at radius 1 is 1.32 bits per heavy atom. The van der Waals surface area contributed by atoms with Gasteiger partial charge in [0.25, 0.3) is 0 Å². The average Bonchev–Trinajstić information content (AvgIpc) is 2.76. The lowest BCUT2D eigenvalue weighted by molar-refractivity contribution is -0.141. The van der Waals surface area contributed by atoms with Gasteiger partial charge in [0, 0.05) is 6.54 Å². The van der Waals surface area contributed by atoms with Gasteiger partial charge in [-0.15, -0.1) is 5.10 Å². The fourth-order valence-corrected chi connectivity index (χ4v) is 1.71. The van der Waals surface area contributed by atoms with E-state index >= 15 is 0 Å². The van der Waals surface area contributed by atoms with E-state index in [0.717, 1.165) is 12.5 Å². The van der Waals surface area contributed by atoms with Crippen molar-refractivity contribution >= 4 is 11.6 Å². The molecule has 2 heterocycles. The minimum atomic E-state index is -4.58. The summed E-state index contributed by atoms with van der Waals surface area (Å²) >= 11 is 5.53. The highest BCUT2D eigenvalue weighted by atomic mass is 35.5. The molecule has 0 atom stereocenters.